The third-order valence-corrected chi connectivity index (χ3v) is 4.91. The number of hydrogen-bond donors (Lipinski definition) is 0. The minimum absolute atomic E-state index is 0.149. The molecule has 0 aliphatic carbocycles. The predicted octanol–water partition coefficient (Wildman–Crippen LogP) is 1.23. The van der Waals surface area contributed by atoms with E-state index in [1.165, 1.54) is 28.9 Å². The van der Waals surface area contributed by atoms with Crippen molar-refractivity contribution in [3.63, 3.8) is 0 Å². The van der Waals surface area contributed by atoms with Crippen LogP contribution in [0.3, 0.4) is 0 Å². The minimum Gasteiger partial charge on any atom is -0.280 e. The van der Waals surface area contributed by atoms with Crippen LogP contribution in [0, 0.1) is 0 Å². The molecule has 4 heterocycles. The molecule has 144 valence electrons. The van der Waals surface area contributed by atoms with Gasteiger partial charge in [0.15, 0.2) is 4.96 Å². The summed E-state index contributed by atoms with van der Waals surface area (Å²) in [5.41, 5.74) is -3.44. The molecule has 0 amide bonds. The van der Waals surface area contributed by atoms with Crippen molar-refractivity contribution < 1.29 is 13.2 Å². The maximum absolute atomic E-state index is 12.9. The molecule has 28 heavy (non-hydrogen) atoms. The van der Waals surface area contributed by atoms with E-state index in [0.29, 0.717) is 11.0 Å². The molecule has 0 N–H and O–H groups in total. The van der Waals surface area contributed by atoms with Crippen molar-refractivity contribution in [3.8, 4) is 0 Å². The van der Waals surface area contributed by atoms with Crippen LogP contribution in [0.15, 0.2) is 44.2 Å². The Morgan fingerprint density at radius 3 is 2.61 bits per heavy atom. The van der Waals surface area contributed by atoms with Crippen molar-refractivity contribution in [1.82, 2.24) is 23.5 Å². The minimum atomic E-state index is -4.71. The lowest BCUT2D eigenvalue weighted by Gasteiger charge is -2.12. The highest BCUT2D eigenvalue weighted by Gasteiger charge is 2.33. The standard InChI is InChI=1S/C16H10F3N5O3S/c1-22-12-9(2-3-10(21-12)16(17,18)19)13(26)24(15(22)27)7-8-6-11(25)23-4-5-28-14(23)20-8/h2-6H,7H2,1H3. The fourth-order valence-electron chi connectivity index (χ4n) is 2.80. The van der Waals surface area contributed by atoms with Crippen LogP contribution in [-0.2, 0) is 19.8 Å². The van der Waals surface area contributed by atoms with Gasteiger partial charge in [-0.15, -0.1) is 11.3 Å². The lowest BCUT2D eigenvalue weighted by molar-refractivity contribution is -0.141. The number of pyridine rings is 1. The predicted molar refractivity (Wildman–Crippen MR) is 94.7 cm³/mol. The Balaban J connectivity index is 1.91. The van der Waals surface area contributed by atoms with Gasteiger partial charge in [-0.1, -0.05) is 0 Å². The zero-order valence-corrected chi connectivity index (χ0v) is 14.9. The van der Waals surface area contributed by atoms with Crippen LogP contribution in [0.1, 0.15) is 11.4 Å². The molecule has 8 nitrogen and oxygen atoms in total. The van der Waals surface area contributed by atoms with Gasteiger partial charge in [-0.2, -0.15) is 13.2 Å². The van der Waals surface area contributed by atoms with Crippen LogP contribution >= 0.6 is 11.3 Å². The molecular formula is C16H10F3N5O3S. The van der Waals surface area contributed by atoms with E-state index in [1.807, 2.05) is 0 Å². The lowest BCUT2D eigenvalue weighted by Crippen LogP contribution is -2.40. The van der Waals surface area contributed by atoms with Gasteiger partial charge in [0.25, 0.3) is 11.1 Å². The SMILES string of the molecule is Cn1c(=O)n(Cc2cc(=O)n3ccsc3n2)c(=O)c2ccc(C(F)(F)F)nc21. The number of aromatic nitrogens is 5. The quantitative estimate of drug-likeness (QED) is 0.497. The smallest absolute Gasteiger partial charge is 0.280 e. The van der Waals surface area contributed by atoms with Crippen LogP contribution < -0.4 is 16.8 Å². The van der Waals surface area contributed by atoms with E-state index in [4.69, 9.17) is 0 Å². The van der Waals surface area contributed by atoms with Gasteiger partial charge < -0.3 is 0 Å². The molecule has 0 unspecified atom stereocenters. The third kappa shape index (κ3) is 2.81. The number of hydrogen-bond acceptors (Lipinski definition) is 6. The monoisotopic (exact) mass is 409 g/mol. The zero-order valence-electron chi connectivity index (χ0n) is 14.1. The first kappa shape index (κ1) is 18.1. The molecule has 4 aromatic rings. The van der Waals surface area contributed by atoms with E-state index in [-0.39, 0.29) is 28.8 Å². The zero-order chi connectivity index (χ0) is 20.2. The number of rotatable bonds is 2. The summed E-state index contributed by atoms with van der Waals surface area (Å²) in [4.78, 5) is 45.4. The highest BCUT2D eigenvalue weighted by Crippen LogP contribution is 2.28. The van der Waals surface area contributed by atoms with Crippen molar-refractivity contribution in [2.24, 2.45) is 7.05 Å². The molecule has 0 saturated heterocycles. The first-order valence-electron chi connectivity index (χ1n) is 7.80. The van der Waals surface area contributed by atoms with Crippen molar-refractivity contribution >= 4 is 27.3 Å². The van der Waals surface area contributed by atoms with E-state index >= 15 is 0 Å². The van der Waals surface area contributed by atoms with Gasteiger partial charge in [-0.05, 0) is 12.1 Å². The van der Waals surface area contributed by atoms with E-state index in [1.54, 1.807) is 11.6 Å². The van der Waals surface area contributed by atoms with E-state index < -0.39 is 23.1 Å². The topological polar surface area (TPSA) is 91.3 Å². The second kappa shape index (κ2) is 6.12. The maximum Gasteiger partial charge on any atom is 0.433 e. The molecule has 4 aromatic heterocycles. The molecule has 0 radical (unpaired) electrons. The molecule has 0 atom stereocenters. The van der Waals surface area contributed by atoms with Gasteiger partial charge in [-0.25, -0.2) is 14.8 Å². The first-order chi connectivity index (χ1) is 13.2. The second-order valence-corrected chi connectivity index (χ2v) is 6.81. The van der Waals surface area contributed by atoms with Gasteiger partial charge >= 0.3 is 11.9 Å². The van der Waals surface area contributed by atoms with Gasteiger partial charge in [0.1, 0.15) is 11.3 Å². The molecule has 0 saturated carbocycles. The van der Waals surface area contributed by atoms with E-state index in [9.17, 15) is 27.6 Å². The molecule has 12 heteroatoms. The van der Waals surface area contributed by atoms with Crippen LogP contribution in [0.25, 0.3) is 16.0 Å². The summed E-state index contributed by atoms with van der Waals surface area (Å²) < 4.78 is 41.6. The molecular weight excluding hydrogens is 399 g/mol. The Labute approximate surface area is 156 Å². The van der Waals surface area contributed by atoms with E-state index in [2.05, 4.69) is 9.97 Å². The number of thiazole rings is 1. The molecule has 0 aromatic carbocycles. The Morgan fingerprint density at radius 1 is 1.14 bits per heavy atom. The molecule has 0 spiro atoms. The Bertz CT molecular complexity index is 1410. The van der Waals surface area contributed by atoms with Crippen LogP contribution in [0.5, 0.6) is 0 Å². The van der Waals surface area contributed by atoms with Crippen molar-refractivity contribution in [3.05, 3.63) is 72.4 Å². The maximum atomic E-state index is 12.9. The highest BCUT2D eigenvalue weighted by atomic mass is 32.1. The first-order valence-corrected chi connectivity index (χ1v) is 8.68. The largest absolute Gasteiger partial charge is 0.433 e. The van der Waals surface area contributed by atoms with Gasteiger partial charge in [0.05, 0.1) is 17.6 Å². The van der Waals surface area contributed by atoms with Gasteiger partial charge in [0.2, 0.25) is 0 Å². The Hall–Kier alpha value is -3.28. The molecule has 4 rings (SSSR count). The number of aryl methyl sites for hydroxylation is 1. The second-order valence-electron chi connectivity index (χ2n) is 5.94. The summed E-state index contributed by atoms with van der Waals surface area (Å²) in [6, 6.07) is 2.86. The lowest BCUT2D eigenvalue weighted by atomic mass is 10.2. The normalized spacial score (nSPS) is 12.1. The number of nitrogens with zero attached hydrogens (tertiary/aromatic N) is 5. The van der Waals surface area contributed by atoms with Gasteiger partial charge in [0, 0.05) is 24.7 Å². The average molecular weight is 409 g/mol. The summed E-state index contributed by atoms with van der Waals surface area (Å²) in [7, 11) is 1.22. The van der Waals surface area contributed by atoms with E-state index in [0.717, 1.165) is 15.2 Å². The Kier molecular flexibility index (Phi) is 3.96. The molecule has 0 bridgehead atoms. The highest BCUT2D eigenvalue weighted by molar-refractivity contribution is 7.15. The van der Waals surface area contributed by atoms with Crippen LogP contribution in [0.4, 0.5) is 13.2 Å². The van der Waals surface area contributed by atoms with Crippen molar-refractivity contribution in [2.75, 3.05) is 0 Å². The molecule has 0 fully saturated rings. The fraction of sp³-hybridized carbons (Fsp3) is 0.188. The van der Waals surface area contributed by atoms with Crippen LogP contribution in [-0.4, -0.2) is 23.5 Å². The third-order valence-electron chi connectivity index (χ3n) is 4.15. The number of alkyl halides is 3. The number of halogens is 3. The fourth-order valence-corrected chi connectivity index (χ4v) is 3.54. The van der Waals surface area contributed by atoms with Crippen LogP contribution in [0.2, 0.25) is 0 Å². The Morgan fingerprint density at radius 2 is 1.89 bits per heavy atom. The molecule has 0 aliphatic heterocycles. The van der Waals surface area contributed by atoms with Gasteiger partial charge in [-0.3, -0.25) is 23.1 Å². The summed E-state index contributed by atoms with van der Waals surface area (Å²) >= 11 is 1.21. The van der Waals surface area contributed by atoms with Crippen molar-refractivity contribution in [2.45, 2.75) is 12.7 Å². The molecule has 0 aliphatic rings. The summed E-state index contributed by atoms with van der Waals surface area (Å²) in [6.45, 7) is -0.299. The average Bonchev–Trinajstić information content (AvgIpc) is 3.11. The summed E-state index contributed by atoms with van der Waals surface area (Å²) in [5, 5.41) is 1.52. The summed E-state index contributed by atoms with van der Waals surface area (Å²) in [6.07, 6.45) is -3.16. The van der Waals surface area contributed by atoms with Crippen molar-refractivity contribution in [1.29, 1.82) is 0 Å². The number of fused-ring (bicyclic) bond motifs is 2. The summed E-state index contributed by atoms with van der Waals surface area (Å²) in [5.74, 6) is 0.